The van der Waals surface area contributed by atoms with Gasteiger partial charge in [-0.3, -0.25) is 4.79 Å². The minimum Gasteiger partial charge on any atom is -0.481 e. The van der Waals surface area contributed by atoms with E-state index in [4.69, 9.17) is 5.11 Å². The highest BCUT2D eigenvalue weighted by Crippen LogP contribution is 2.40. The van der Waals surface area contributed by atoms with Gasteiger partial charge in [0.25, 0.3) is 0 Å². The largest absolute Gasteiger partial charge is 0.481 e. The molecule has 0 aromatic carbocycles. The van der Waals surface area contributed by atoms with Gasteiger partial charge >= 0.3 is 5.97 Å². The van der Waals surface area contributed by atoms with E-state index in [1.54, 1.807) is 0 Å². The fourth-order valence-electron chi connectivity index (χ4n) is 1.00. The average molecular weight is 182 g/mol. The highest BCUT2D eigenvalue weighted by Gasteiger charge is 2.41. The van der Waals surface area contributed by atoms with Crippen molar-refractivity contribution in [2.45, 2.75) is 19.8 Å². The van der Waals surface area contributed by atoms with Gasteiger partial charge in [0.2, 0.25) is 0 Å². The first-order chi connectivity index (χ1) is 3.75. The molecule has 2 atom stereocenters. The third kappa shape index (κ3) is 2.84. The van der Waals surface area contributed by atoms with Crippen molar-refractivity contribution in [2.75, 3.05) is 0 Å². The number of aliphatic carboxylic acids is 1. The first-order valence-electron chi connectivity index (χ1n) is 2.98. The zero-order valence-electron chi connectivity index (χ0n) is 5.92. The number of carbonyl (C=O) groups is 1. The van der Waals surface area contributed by atoms with Gasteiger partial charge in [-0.25, -0.2) is 0 Å². The molecule has 2 nitrogen and oxygen atoms in total. The smallest absolute Gasteiger partial charge is 0.306 e. The van der Waals surface area contributed by atoms with Gasteiger partial charge in [-0.15, -0.1) is 0 Å². The highest BCUT2D eigenvalue weighted by atomic mass is 32.1. The molecule has 0 radical (unpaired) electrons. The summed E-state index contributed by atoms with van der Waals surface area (Å²) in [6, 6.07) is 0. The third-order valence-corrected chi connectivity index (χ3v) is 1.76. The van der Waals surface area contributed by atoms with Crippen LogP contribution in [0.3, 0.4) is 0 Å². The molecule has 0 saturated heterocycles. The molecule has 0 unspecified atom stereocenters. The van der Waals surface area contributed by atoms with Crippen LogP contribution in [0.4, 0.5) is 0 Å². The van der Waals surface area contributed by atoms with Gasteiger partial charge in [0.15, 0.2) is 0 Å². The summed E-state index contributed by atoms with van der Waals surface area (Å²) in [6.45, 7) is 2.04. The molecule has 1 fully saturated rings. The molecule has 0 aliphatic heterocycles. The molecular formula is C6H14O2S2. The molecule has 0 spiro atoms. The maximum atomic E-state index is 10.1. The minimum atomic E-state index is -0.614. The van der Waals surface area contributed by atoms with Crippen LogP contribution >= 0.6 is 27.0 Å². The SMILES string of the molecule is CC[C@H]1C[C@@H]1C(=O)O.S.S. The Hall–Kier alpha value is 0.170. The van der Waals surface area contributed by atoms with Crippen LogP contribution < -0.4 is 0 Å². The molecule has 1 aliphatic carbocycles. The lowest BCUT2D eigenvalue weighted by Gasteiger charge is -1.84. The van der Waals surface area contributed by atoms with E-state index in [1.807, 2.05) is 6.92 Å². The Balaban J connectivity index is 0. The Morgan fingerprint density at radius 2 is 2.10 bits per heavy atom. The number of hydrogen-bond donors (Lipinski definition) is 1. The molecule has 1 aliphatic rings. The minimum absolute atomic E-state index is 0. The lowest BCUT2D eigenvalue weighted by molar-refractivity contribution is -0.138. The predicted octanol–water partition coefficient (Wildman–Crippen LogP) is 1.34. The number of rotatable bonds is 2. The summed E-state index contributed by atoms with van der Waals surface area (Å²) in [6.07, 6.45) is 1.93. The van der Waals surface area contributed by atoms with E-state index in [-0.39, 0.29) is 32.9 Å². The van der Waals surface area contributed by atoms with Crippen molar-refractivity contribution >= 4 is 33.0 Å². The molecule has 1 rings (SSSR count). The van der Waals surface area contributed by atoms with E-state index < -0.39 is 5.97 Å². The van der Waals surface area contributed by atoms with Crippen LogP contribution in [0.15, 0.2) is 0 Å². The van der Waals surface area contributed by atoms with Gasteiger partial charge in [0.1, 0.15) is 0 Å². The number of carboxylic acid groups (broad SMARTS) is 1. The van der Waals surface area contributed by atoms with Crippen LogP contribution in [0.5, 0.6) is 0 Å². The van der Waals surface area contributed by atoms with Crippen LogP contribution in [0.2, 0.25) is 0 Å². The molecule has 0 aromatic rings. The Labute approximate surface area is 74.9 Å². The monoisotopic (exact) mass is 182 g/mol. The molecule has 10 heavy (non-hydrogen) atoms. The second kappa shape index (κ2) is 4.91. The van der Waals surface area contributed by atoms with Crippen molar-refractivity contribution in [1.82, 2.24) is 0 Å². The maximum Gasteiger partial charge on any atom is 0.306 e. The lowest BCUT2D eigenvalue weighted by Crippen LogP contribution is -1.98. The average Bonchev–Trinajstić information content (AvgIpc) is 2.42. The zero-order chi connectivity index (χ0) is 6.15. The van der Waals surface area contributed by atoms with Gasteiger partial charge < -0.3 is 5.11 Å². The summed E-state index contributed by atoms with van der Waals surface area (Å²) in [5.41, 5.74) is 0. The maximum absolute atomic E-state index is 10.1. The van der Waals surface area contributed by atoms with E-state index in [1.165, 1.54) is 0 Å². The van der Waals surface area contributed by atoms with Crippen molar-refractivity contribution in [2.24, 2.45) is 11.8 Å². The lowest BCUT2D eigenvalue weighted by atomic mass is 10.3. The summed E-state index contributed by atoms with van der Waals surface area (Å²) in [5.74, 6) is -0.121. The summed E-state index contributed by atoms with van der Waals surface area (Å²) in [4.78, 5) is 10.1. The molecular weight excluding hydrogens is 168 g/mol. The Morgan fingerprint density at radius 3 is 2.20 bits per heavy atom. The van der Waals surface area contributed by atoms with E-state index in [2.05, 4.69) is 0 Å². The number of hydrogen-bond acceptors (Lipinski definition) is 1. The van der Waals surface area contributed by atoms with Crippen molar-refractivity contribution in [1.29, 1.82) is 0 Å². The van der Waals surface area contributed by atoms with Crippen LogP contribution in [0, 0.1) is 11.8 Å². The fraction of sp³-hybridized carbons (Fsp3) is 0.833. The molecule has 1 saturated carbocycles. The predicted molar refractivity (Wildman–Crippen MR) is 50.3 cm³/mol. The van der Waals surface area contributed by atoms with Gasteiger partial charge in [0.05, 0.1) is 5.92 Å². The second-order valence-corrected chi connectivity index (χ2v) is 2.35. The first-order valence-corrected chi connectivity index (χ1v) is 2.98. The summed E-state index contributed by atoms with van der Waals surface area (Å²) in [7, 11) is 0. The third-order valence-electron chi connectivity index (χ3n) is 1.76. The Kier molecular flexibility index (Phi) is 6.29. The zero-order valence-corrected chi connectivity index (χ0v) is 7.92. The van der Waals surface area contributed by atoms with Crippen molar-refractivity contribution in [3.63, 3.8) is 0 Å². The van der Waals surface area contributed by atoms with Crippen molar-refractivity contribution in [3.05, 3.63) is 0 Å². The van der Waals surface area contributed by atoms with Crippen LogP contribution in [0.1, 0.15) is 19.8 Å². The normalized spacial score (nSPS) is 27.7. The summed E-state index contributed by atoms with van der Waals surface area (Å²) in [5, 5.41) is 8.35. The summed E-state index contributed by atoms with van der Waals surface area (Å²) < 4.78 is 0. The Morgan fingerprint density at radius 1 is 1.60 bits per heavy atom. The molecule has 0 bridgehead atoms. The van der Waals surface area contributed by atoms with E-state index in [9.17, 15) is 4.79 Å². The molecule has 4 heteroatoms. The summed E-state index contributed by atoms with van der Waals surface area (Å²) >= 11 is 0. The van der Waals surface area contributed by atoms with E-state index >= 15 is 0 Å². The molecule has 0 heterocycles. The molecule has 0 aromatic heterocycles. The van der Waals surface area contributed by atoms with E-state index in [0.717, 1.165) is 12.8 Å². The van der Waals surface area contributed by atoms with Gasteiger partial charge in [-0.05, 0) is 12.3 Å². The molecule has 1 N–H and O–H groups in total. The van der Waals surface area contributed by atoms with Crippen LogP contribution in [-0.2, 0) is 4.79 Å². The Bertz CT molecular complexity index is 116. The molecule has 0 amide bonds. The standard InChI is InChI=1S/C6H10O2.2H2S/c1-2-4-3-5(4)6(7)8;;/h4-5H,2-3H2,1H3,(H,7,8);2*1H2/t4-,5-;;/m0../s1. The van der Waals surface area contributed by atoms with Gasteiger partial charge in [-0.2, -0.15) is 27.0 Å². The first kappa shape index (κ1) is 12.8. The highest BCUT2D eigenvalue weighted by molar-refractivity contribution is 7.59. The molecule has 62 valence electrons. The topological polar surface area (TPSA) is 37.3 Å². The van der Waals surface area contributed by atoms with E-state index in [0.29, 0.717) is 5.92 Å². The number of carboxylic acids is 1. The van der Waals surface area contributed by atoms with Crippen molar-refractivity contribution < 1.29 is 9.90 Å². The van der Waals surface area contributed by atoms with Crippen LogP contribution in [0.25, 0.3) is 0 Å². The van der Waals surface area contributed by atoms with Gasteiger partial charge in [0, 0.05) is 0 Å². The quantitative estimate of drug-likeness (QED) is 0.700. The fourth-order valence-corrected chi connectivity index (χ4v) is 1.00. The van der Waals surface area contributed by atoms with Crippen molar-refractivity contribution in [3.8, 4) is 0 Å². The van der Waals surface area contributed by atoms with Gasteiger partial charge in [-0.1, -0.05) is 13.3 Å². The van der Waals surface area contributed by atoms with Crippen LogP contribution in [-0.4, -0.2) is 11.1 Å². The second-order valence-electron chi connectivity index (χ2n) is 2.35.